The average molecular weight is 508 g/mol. The number of nitrogens with zero attached hydrogens (tertiary/aromatic N) is 7. The Kier molecular flexibility index (Phi) is 7.65. The zero-order valence-corrected chi connectivity index (χ0v) is 20.4. The van der Waals surface area contributed by atoms with Crippen molar-refractivity contribution in [2.45, 2.75) is 45.5 Å². The highest BCUT2D eigenvalue weighted by Gasteiger charge is 2.39. The van der Waals surface area contributed by atoms with E-state index in [-0.39, 0.29) is 61.0 Å². The summed E-state index contributed by atoms with van der Waals surface area (Å²) >= 11 is 0. The summed E-state index contributed by atoms with van der Waals surface area (Å²) in [4.78, 5) is 23.2. The van der Waals surface area contributed by atoms with Crippen LogP contribution in [0.25, 0.3) is 5.57 Å². The van der Waals surface area contributed by atoms with Gasteiger partial charge in [0.2, 0.25) is 11.8 Å². The van der Waals surface area contributed by atoms with Gasteiger partial charge in [-0.1, -0.05) is 0 Å². The number of halogens is 3. The van der Waals surface area contributed by atoms with E-state index >= 15 is 0 Å². The fourth-order valence-corrected chi connectivity index (χ4v) is 3.82. The second-order valence-corrected chi connectivity index (χ2v) is 8.39. The Morgan fingerprint density at radius 3 is 2.67 bits per heavy atom. The van der Waals surface area contributed by atoms with Gasteiger partial charge in [-0.15, -0.1) is 0 Å². The van der Waals surface area contributed by atoms with Crippen molar-refractivity contribution in [2.75, 3.05) is 26.4 Å². The Labute approximate surface area is 205 Å². The van der Waals surface area contributed by atoms with E-state index in [1.54, 1.807) is 11.9 Å². The van der Waals surface area contributed by atoms with Crippen molar-refractivity contribution in [3.05, 3.63) is 40.9 Å². The number of nitrogens with two attached hydrogens (primary N) is 1. The van der Waals surface area contributed by atoms with Crippen LogP contribution in [0.2, 0.25) is 0 Å². The van der Waals surface area contributed by atoms with Crippen LogP contribution in [0.5, 0.6) is 0 Å². The molecule has 0 unspecified atom stereocenters. The van der Waals surface area contributed by atoms with Crippen molar-refractivity contribution < 1.29 is 22.7 Å². The highest BCUT2D eigenvalue weighted by Crippen LogP contribution is 2.33. The monoisotopic (exact) mass is 507 g/mol. The number of aryl methyl sites for hydroxylation is 1. The summed E-state index contributed by atoms with van der Waals surface area (Å²) in [7, 11) is 2.97. The van der Waals surface area contributed by atoms with Crippen LogP contribution in [0, 0.1) is 5.41 Å². The first-order valence-corrected chi connectivity index (χ1v) is 11.0. The number of nitrogen functional groups attached to an aromatic ring is 1. The van der Waals surface area contributed by atoms with Gasteiger partial charge in [-0.2, -0.15) is 23.4 Å². The first-order valence-electron chi connectivity index (χ1n) is 11.0. The second kappa shape index (κ2) is 10.3. The summed E-state index contributed by atoms with van der Waals surface area (Å²) < 4.78 is 48.0. The quantitative estimate of drug-likeness (QED) is 0.368. The molecule has 0 aliphatic carbocycles. The van der Waals surface area contributed by atoms with Gasteiger partial charge < -0.3 is 15.4 Å². The van der Waals surface area contributed by atoms with E-state index in [1.807, 2.05) is 13.8 Å². The number of fused-ring (bicyclic) bond motifs is 4. The van der Waals surface area contributed by atoms with Gasteiger partial charge in [-0.25, -0.2) is 15.0 Å². The van der Waals surface area contributed by atoms with Crippen LogP contribution in [0.15, 0.2) is 23.4 Å². The molecule has 0 atom stereocenters. The molecule has 0 saturated heterocycles. The molecule has 3 rings (SSSR count). The molecule has 4 bridgehead atoms. The maximum atomic E-state index is 13.8. The van der Waals surface area contributed by atoms with Crippen molar-refractivity contribution in [2.24, 2.45) is 5.10 Å². The SMILES string of the molecule is C=NN(C)/C(OC)=C1\CN(C(C)C)C(=O)CCCn2cc(c(C(F)(F)F)n2)C(=N)c2nc1cnc2N. The number of anilines is 1. The third-order valence-corrected chi connectivity index (χ3v) is 5.65. The van der Waals surface area contributed by atoms with E-state index in [0.717, 1.165) is 10.9 Å². The molecule has 0 fully saturated rings. The number of hydrogen-bond acceptors (Lipinski definition) is 9. The van der Waals surface area contributed by atoms with E-state index in [4.69, 9.17) is 15.9 Å². The van der Waals surface area contributed by atoms with E-state index in [9.17, 15) is 18.0 Å². The number of methoxy groups -OCH3 is 1. The molecule has 194 valence electrons. The maximum absolute atomic E-state index is 13.8. The van der Waals surface area contributed by atoms with Crippen LogP contribution in [-0.4, -0.2) is 74.7 Å². The summed E-state index contributed by atoms with van der Waals surface area (Å²) in [6, 6.07) is -0.229. The third kappa shape index (κ3) is 5.31. The van der Waals surface area contributed by atoms with Crippen LogP contribution < -0.4 is 5.73 Å². The Hall–Kier alpha value is -3.97. The summed E-state index contributed by atoms with van der Waals surface area (Å²) in [6.45, 7) is 7.25. The summed E-state index contributed by atoms with van der Waals surface area (Å²) in [5, 5.41) is 17.4. The fraction of sp³-hybridized carbons (Fsp3) is 0.455. The number of rotatable bonds is 4. The minimum Gasteiger partial charge on any atom is -0.481 e. The predicted molar refractivity (Wildman–Crippen MR) is 127 cm³/mol. The van der Waals surface area contributed by atoms with Crippen molar-refractivity contribution in [1.29, 1.82) is 5.41 Å². The van der Waals surface area contributed by atoms with Gasteiger partial charge in [0.15, 0.2) is 11.5 Å². The van der Waals surface area contributed by atoms with Crippen LogP contribution in [0.4, 0.5) is 19.0 Å². The lowest BCUT2D eigenvalue weighted by atomic mass is 10.1. The number of alkyl halides is 3. The molecule has 11 nitrogen and oxygen atoms in total. The first-order chi connectivity index (χ1) is 16.9. The Balaban J connectivity index is 2.32. The molecule has 2 aromatic rings. The normalized spacial score (nSPS) is 16.6. The molecule has 1 aliphatic heterocycles. The van der Waals surface area contributed by atoms with Gasteiger partial charge in [0, 0.05) is 39.0 Å². The number of carbonyl (C=O) groups excluding carboxylic acids is 1. The molecule has 0 spiro atoms. The standard InChI is InChI=1S/C22H28F3N9O2/c1-12(2)34-11-13(21(36-5)32(4)28-3)15-9-29-20(27)18(30-15)17(26)14-10-33(8-6-7-16(34)35)31-19(14)22(23,24)25/h9-10,12,26H,3,6-8,11H2,1-2,4-5H3,(H2,27,29)/b21-13-,26-17?. The molecule has 0 saturated carbocycles. The molecule has 3 N–H and O–H groups in total. The zero-order valence-electron chi connectivity index (χ0n) is 20.4. The Bertz CT molecular complexity index is 1200. The van der Waals surface area contributed by atoms with E-state index < -0.39 is 23.1 Å². The van der Waals surface area contributed by atoms with Gasteiger partial charge in [-0.05, 0) is 20.3 Å². The molecule has 2 aromatic heterocycles. The Morgan fingerprint density at radius 1 is 1.39 bits per heavy atom. The lowest BCUT2D eigenvalue weighted by Gasteiger charge is -2.30. The fourth-order valence-electron chi connectivity index (χ4n) is 3.82. The van der Waals surface area contributed by atoms with Gasteiger partial charge in [0.05, 0.1) is 42.4 Å². The predicted octanol–water partition coefficient (Wildman–Crippen LogP) is 2.58. The molecule has 0 radical (unpaired) electrons. The summed E-state index contributed by atoms with van der Waals surface area (Å²) in [5.74, 6) is -0.262. The van der Waals surface area contributed by atoms with Crippen molar-refractivity contribution in [3.63, 3.8) is 0 Å². The minimum atomic E-state index is -4.82. The molecular formula is C22H28F3N9O2. The molecule has 36 heavy (non-hydrogen) atoms. The largest absolute Gasteiger partial charge is 0.481 e. The van der Waals surface area contributed by atoms with Gasteiger partial charge in [0.1, 0.15) is 5.69 Å². The third-order valence-electron chi connectivity index (χ3n) is 5.65. The lowest BCUT2D eigenvalue weighted by Crippen LogP contribution is -2.39. The van der Waals surface area contributed by atoms with Crippen LogP contribution in [-0.2, 0) is 22.3 Å². The maximum Gasteiger partial charge on any atom is 0.435 e. The molecule has 3 heterocycles. The first kappa shape index (κ1) is 26.6. The number of carbonyl (C=O) groups is 1. The topological polar surface area (TPSA) is 139 Å². The Morgan fingerprint density at radius 2 is 2.08 bits per heavy atom. The second-order valence-electron chi connectivity index (χ2n) is 8.39. The number of aromatic nitrogens is 4. The van der Waals surface area contributed by atoms with Crippen molar-refractivity contribution in [1.82, 2.24) is 29.7 Å². The van der Waals surface area contributed by atoms with Gasteiger partial charge >= 0.3 is 6.18 Å². The number of ether oxygens (including phenoxy) is 1. The smallest absolute Gasteiger partial charge is 0.435 e. The molecule has 1 aliphatic rings. The van der Waals surface area contributed by atoms with E-state index in [1.165, 1.54) is 18.3 Å². The molecular weight excluding hydrogens is 479 g/mol. The molecule has 14 heteroatoms. The summed E-state index contributed by atoms with van der Waals surface area (Å²) in [6.07, 6.45) is -2.10. The summed E-state index contributed by atoms with van der Waals surface area (Å²) in [5.41, 5.74) is 3.88. The lowest BCUT2D eigenvalue weighted by molar-refractivity contribution is -0.141. The minimum absolute atomic E-state index is 0.0294. The highest BCUT2D eigenvalue weighted by atomic mass is 19.4. The number of nitrogens with one attached hydrogen (secondary N) is 1. The number of hydrogen-bond donors (Lipinski definition) is 2. The van der Waals surface area contributed by atoms with Crippen molar-refractivity contribution >= 4 is 29.7 Å². The van der Waals surface area contributed by atoms with Crippen LogP contribution >= 0.6 is 0 Å². The van der Waals surface area contributed by atoms with Gasteiger partial charge in [0.25, 0.3) is 0 Å². The van der Waals surface area contributed by atoms with Crippen molar-refractivity contribution in [3.8, 4) is 0 Å². The number of hydrazone groups is 1. The molecule has 0 aromatic carbocycles. The van der Waals surface area contributed by atoms with E-state index in [2.05, 4.69) is 26.9 Å². The average Bonchev–Trinajstić information content (AvgIpc) is 3.25. The van der Waals surface area contributed by atoms with Crippen LogP contribution in [0.1, 0.15) is 49.3 Å². The van der Waals surface area contributed by atoms with Crippen LogP contribution in [0.3, 0.4) is 0 Å². The molecule has 1 amide bonds. The highest BCUT2D eigenvalue weighted by molar-refractivity contribution is 6.12. The van der Waals surface area contributed by atoms with E-state index in [0.29, 0.717) is 5.57 Å². The zero-order chi connectivity index (χ0) is 26.8. The number of amides is 1. The van der Waals surface area contributed by atoms with Gasteiger partial charge in [-0.3, -0.25) is 14.9 Å².